The highest BCUT2D eigenvalue weighted by Crippen LogP contribution is 2.16. The lowest BCUT2D eigenvalue weighted by Gasteiger charge is -2.36. The van der Waals surface area contributed by atoms with Gasteiger partial charge in [0.15, 0.2) is 0 Å². The fourth-order valence-electron chi connectivity index (χ4n) is 2.15. The normalized spacial score (nSPS) is 19.3. The molecule has 1 atom stereocenters. The molecule has 94 valence electrons. The summed E-state index contributed by atoms with van der Waals surface area (Å²) in [6.07, 6.45) is 1.57. The van der Waals surface area contributed by atoms with Gasteiger partial charge in [-0.1, -0.05) is 0 Å². The van der Waals surface area contributed by atoms with Crippen molar-refractivity contribution in [2.45, 2.75) is 13.0 Å². The molecule has 0 bridgehead atoms. The Balaban J connectivity index is 1.88. The van der Waals surface area contributed by atoms with E-state index in [0.29, 0.717) is 5.82 Å². The minimum atomic E-state index is -0.250. The van der Waals surface area contributed by atoms with Crippen LogP contribution in [-0.2, 0) is 0 Å². The lowest BCUT2D eigenvalue weighted by molar-refractivity contribution is 0.122. The standard InChI is InChI=1S/C12H20N4O/c1-10(17)9-15-4-6-16(7-5-15)11-2-3-12(13)14-8-11/h2-3,8,10,17H,4-7,9H2,1H3,(H2,13,14). The number of aliphatic hydroxyl groups excluding tert-OH is 1. The summed E-state index contributed by atoms with van der Waals surface area (Å²) in [5.74, 6) is 0.557. The fourth-order valence-corrected chi connectivity index (χ4v) is 2.15. The quantitative estimate of drug-likeness (QED) is 0.783. The SMILES string of the molecule is CC(O)CN1CCN(c2ccc(N)nc2)CC1. The number of nitrogens with two attached hydrogens (primary N) is 1. The predicted octanol–water partition coefficient (Wildman–Crippen LogP) is 0.167. The first-order valence-corrected chi connectivity index (χ1v) is 6.02. The number of piperazine rings is 1. The molecule has 1 unspecified atom stereocenters. The molecule has 2 rings (SSSR count). The number of hydrogen-bond acceptors (Lipinski definition) is 5. The molecule has 1 aliphatic rings. The van der Waals surface area contributed by atoms with Crippen LogP contribution in [0.5, 0.6) is 0 Å². The van der Waals surface area contributed by atoms with E-state index < -0.39 is 0 Å². The maximum atomic E-state index is 9.34. The number of nitrogens with zero attached hydrogens (tertiary/aromatic N) is 3. The monoisotopic (exact) mass is 236 g/mol. The summed E-state index contributed by atoms with van der Waals surface area (Å²) in [6, 6.07) is 3.84. The smallest absolute Gasteiger partial charge is 0.123 e. The Morgan fingerprint density at radius 3 is 2.59 bits per heavy atom. The van der Waals surface area contributed by atoms with E-state index in [-0.39, 0.29) is 6.10 Å². The minimum absolute atomic E-state index is 0.250. The number of aliphatic hydroxyl groups is 1. The molecular weight excluding hydrogens is 216 g/mol. The number of aromatic nitrogens is 1. The Bertz CT molecular complexity index is 344. The van der Waals surface area contributed by atoms with Gasteiger partial charge < -0.3 is 15.7 Å². The third kappa shape index (κ3) is 3.31. The third-order valence-corrected chi connectivity index (χ3v) is 3.03. The van der Waals surface area contributed by atoms with Gasteiger partial charge in [0.1, 0.15) is 5.82 Å². The zero-order valence-electron chi connectivity index (χ0n) is 10.2. The highest BCUT2D eigenvalue weighted by molar-refractivity contribution is 5.48. The molecule has 3 N–H and O–H groups in total. The van der Waals surface area contributed by atoms with Crippen LogP contribution in [0.4, 0.5) is 11.5 Å². The molecule has 1 aliphatic heterocycles. The lowest BCUT2D eigenvalue weighted by atomic mass is 10.2. The van der Waals surface area contributed by atoms with Crippen LogP contribution in [0.2, 0.25) is 0 Å². The molecule has 0 spiro atoms. The highest BCUT2D eigenvalue weighted by Gasteiger charge is 2.18. The van der Waals surface area contributed by atoms with E-state index in [9.17, 15) is 5.11 Å². The van der Waals surface area contributed by atoms with Crippen LogP contribution in [0.15, 0.2) is 18.3 Å². The summed E-state index contributed by atoms with van der Waals surface area (Å²) in [4.78, 5) is 8.68. The van der Waals surface area contributed by atoms with E-state index in [1.165, 1.54) is 0 Å². The number of pyridine rings is 1. The average molecular weight is 236 g/mol. The molecule has 1 saturated heterocycles. The van der Waals surface area contributed by atoms with E-state index >= 15 is 0 Å². The highest BCUT2D eigenvalue weighted by atomic mass is 16.3. The zero-order chi connectivity index (χ0) is 12.3. The van der Waals surface area contributed by atoms with E-state index in [1.54, 1.807) is 0 Å². The number of nitrogen functional groups attached to an aromatic ring is 1. The summed E-state index contributed by atoms with van der Waals surface area (Å²) in [7, 11) is 0. The molecule has 0 saturated carbocycles. The number of hydrogen-bond donors (Lipinski definition) is 2. The van der Waals surface area contributed by atoms with Crippen molar-refractivity contribution in [1.82, 2.24) is 9.88 Å². The van der Waals surface area contributed by atoms with Crippen molar-refractivity contribution in [3.05, 3.63) is 18.3 Å². The number of anilines is 2. The van der Waals surface area contributed by atoms with Gasteiger partial charge in [0.2, 0.25) is 0 Å². The Labute approximate surface area is 102 Å². The van der Waals surface area contributed by atoms with Gasteiger partial charge in [-0.15, -0.1) is 0 Å². The van der Waals surface area contributed by atoms with Crippen LogP contribution in [0.25, 0.3) is 0 Å². The molecule has 17 heavy (non-hydrogen) atoms. The second kappa shape index (κ2) is 5.33. The van der Waals surface area contributed by atoms with Crippen LogP contribution in [0, 0.1) is 0 Å². The topological polar surface area (TPSA) is 65.6 Å². The van der Waals surface area contributed by atoms with Crippen molar-refractivity contribution in [2.75, 3.05) is 43.4 Å². The van der Waals surface area contributed by atoms with Gasteiger partial charge in [0.05, 0.1) is 18.0 Å². The second-order valence-corrected chi connectivity index (χ2v) is 4.58. The molecule has 1 aromatic rings. The van der Waals surface area contributed by atoms with Crippen molar-refractivity contribution in [3.8, 4) is 0 Å². The summed E-state index contributed by atoms with van der Waals surface area (Å²) < 4.78 is 0. The van der Waals surface area contributed by atoms with Crippen LogP contribution in [-0.4, -0.2) is 53.8 Å². The molecular formula is C12H20N4O. The molecule has 1 fully saturated rings. The molecule has 5 heteroatoms. The van der Waals surface area contributed by atoms with Gasteiger partial charge >= 0.3 is 0 Å². The minimum Gasteiger partial charge on any atom is -0.392 e. The first-order chi connectivity index (χ1) is 8.15. The van der Waals surface area contributed by atoms with Crippen molar-refractivity contribution in [1.29, 1.82) is 0 Å². The Morgan fingerprint density at radius 2 is 2.06 bits per heavy atom. The maximum absolute atomic E-state index is 9.34. The van der Waals surface area contributed by atoms with Gasteiger partial charge in [-0.2, -0.15) is 0 Å². The molecule has 0 radical (unpaired) electrons. The zero-order valence-corrected chi connectivity index (χ0v) is 10.2. The van der Waals surface area contributed by atoms with Crippen molar-refractivity contribution in [3.63, 3.8) is 0 Å². The molecule has 5 nitrogen and oxygen atoms in total. The van der Waals surface area contributed by atoms with Gasteiger partial charge in [0, 0.05) is 32.7 Å². The van der Waals surface area contributed by atoms with Gasteiger partial charge in [-0.05, 0) is 19.1 Å². The first-order valence-electron chi connectivity index (χ1n) is 6.02. The third-order valence-electron chi connectivity index (χ3n) is 3.03. The van der Waals surface area contributed by atoms with Gasteiger partial charge in [-0.3, -0.25) is 4.90 Å². The summed E-state index contributed by atoms with van der Waals surface area (Å²) >= 11 is 0. The van der Waals surface area contributed by atoms with Crippen LogP contribution in [0.3, 0.4) is 0 Å². The Kier molecular flexibility index (Phi) is 3.81. The van der Waals surface area contributed by atoms with Crippen molar-refractivity contribution < 1.29 is 5.11 Å². The van der Waals surface area contributed by atoms with E-state index in [4.69, 9.17) is 5.73 Å². The van der Waals surface area contributed by atoms with Crippen LogP contribution < -0.4 is 10.6 Å². The molecule has 1 aromatic heterocycles. The van der Waals surface area contributed by atoms with Crippen LogP contribution in [0.1, 0.15) is 6.92 Å². The predicted molar refractivity (Wildman–Crippen MR) is 69.0 cm³/mol. The largest absolute Gasteiger partial charge is 0.392 e. The second-order valence-electron chi connectivity index (χ2n) is 4.58. The Hall–Kier alpha value is -1.33. The van der Waals surface area contributed by atoms with E-state index in [0.717, 1.165) is 38.4 Å². The number of rotatable bonds is 3. The van der Waals surface area contributed by atoms with Crippen molar-refractivity contribution >= 4 is 11.5 Å². The van der Waals surface area contributed by atoms with E-state index in [2.05, 4.69) is 14.8 Å². The summed E-state index contributed by atoms with van der Waals surface area (Å²) in [5, 5.41) is 9.34. The lowest BCUT2D eigenvalue weighted by Crippen LogP contribution is -2.48. The van der Waals surface area contributed by atoms with Crippen LogP contribution >= 0.6 is 0 Å². The molecule has 0 amide bonds. The average Bonchev–Trinajstić information content (AvgIpc) is 2.30. The Morgan fingerprint density at radius 1 is 1.35 bits per heavy atom. The number of β-amino-alcohol motifs (C(OH)–C–C–N with tert-alkyl or cyclic N) is 1. The van der Waals surface area contributed by atoms with Crippen molar-refractivity contribution in [2.24, 2.45) is 0 Å². The van der Waals surface area contributed by atoms with Gasteiger partial charge in [-0.25, -0.2) is 4.98 Å². The van der Waals surface area contributed by atoms with Gasteiger partial charge in [0.25, 0.3) is 0 Å². The molecule has 0 aromatic carbocycles. The maximum Gasteiger partial charge on any atom is 0.123 e. The van der Waals surface area contributed by atoms with E-state index in [1.807, 2.05) is 25.3 Å². The molecule has 0 aliphatic carbocycles. The first kappa shape index (κ1) is 12.1. The summed E-state index contributed by atoms with van der Waals surface area (Å²) in [6.45, 7) is 6.49. The molecule has 2 heterocycles. The summed E-state index contributed by atoms with van der Waals surface area (Å²) in [5.41, 5.74) is 6.69. The fraction of sp³-hybridized carbons (Fsp3) is 0.583.